The maximum Gasteiger partial charge on any atom is 0.295 e. The maximum absolute atomic E-state index is 13.7. The minimum Gasteiger partial charge on any atom is -0.373 e. The Morgan fingerprint density at radius 3 is 2.45 bits per heavy atom. The predicted molar refractivity (Wildman–Crippen MR) is 76.3 cm³/mol. The van der Waals surface area contributed by atoms with Crippen molar-refractivity contribution in [3.05, 3.63) is 69.0 Å². The first-order chi connectivity index (χ1) is 9.47. The van der Waals surface area contributed by atoms with E-state index in [1.165, 1.54) is 18.2 Å². The highest BCUT2D eigenvalue weighted by atomic mass is 19.1. The van der Waals surface area contributed by atoms with Crippen molar-refractivity contribution in [1.29, 1.82) is 0 Å². The average Bonchev–Trinajstić information content (AvgIpc) is 2.35. The predicted octanol–water partition coefficient (Wildman–Crippen LogP) is 3.96. The number of nitrogens with one attached hydrogen (secondary N) is 1. The summed E-state index contributed by atoms with van der Waals surface area (Å²) < 4.78 is 13.7. The van der Waals surface area contributed by atoms with Crippen LogP contribution in [0.25, 0.3) is 0 Å². The molecule has 4 nitrogen and oxygen atoms in total. The fourth-order valence-corrected chi connectivity index (χ4v) is 2.20. The van der Waals surface area contributed by atoms with Crippen LogP contribution in [0.3, 0.4) is 0 Å². The molecule has 0 bridgehead atoms. The zero-order chi connectivity index (χ0) is 14.7. The molecule has 0 aliphatic heterocycles. The molecule has 0 saturated carbocycles. The third-order valence-corrected chi connectivity index (χ3v) is 2.94. The summed E-state index contributed by atoms with van der Waals surface area (Å²) in [6.45, 7) is 4.29. The minimum atomic E-state index is -0.622. The van der Waals surface area contributed by atoms with E-state index in [0.29, 0.717) is 6.54 Å². The standard InChI is InChI=1S/C15H15FN2O2/c1-10-6-11(2)8-12(7-10)9-17-15-13(16)4-3-5-14(15)18(19)20/h3-8,17H,9H2,1-2H3. The highest BCUT2D eigenvalue weighted by Gasteiger charge is 2.17. The number of rotatable bonds is 4. The van der Waals surface area contributed by atoms with E-state index >= 15 is 0 Å². The summed E-state index contributed by atoms with van der Waals surface area (Å²) in [5.41, 5.74) is 2.83. The molecular formula is C15H15FN2O2. The molecule has 0 aromatic heterocycles. The third-order valence-electron chi connectivity index (χ3n) is 2.94. The van der Waals surface area contributed by atoms with E-state index in [1.807, 2.05) is 32.0 Å². The van der Waals surface area contributed by atoms with Gasteiger partial charge in [0.1, 0.15) is 5.69 Å². The van der Waals surface area contributed by atoms with Gasteiger partial charge in [-0.25, -0.2) is 4.39 Å². The van der Waals surface area contributed by atoms with Gasteiger partial charge in [0.25, 0.3) is 5.69 Å². The molecule has 2 aromatic rings. The molecule has 0 amide bonds. The minimum absolute atomic E-state index is 0.0725. The Balaban J connectivity index is 2.25. The largest absolute Gasteiger partial charge is 0.373 e. The number of anilines is 1. The van der Waals surface area contributed by atoms with Crippen LogP contribution in [0.5, 0.6) is 0 Å². The van der Waals surface area contributed by atoms with Gasteiger partial charge < -0.3 is 5.32 Å². The van der Waals surface area contributed by atoms with Crippen LogP contribution in [0, 0.1) is 29.8 Å². The van der Waals surface area contributed by atoms with Crippen LogP contribution in [-0.2, 0) is 6.54 Å². The first kappa shape index (κ1) is 14.0. The Hall–Kier alpha value is -2.43. The van der Waals surface area contributed by atoms with E-state index in [1.54, 1.807) is 0 Å². The molecule has 1 N–H and O–H groups in total. The van der Waals surface area contributed by atoms with Crippen LogP contribution < -0.4 is 5.32 Å². The smallest absolute Gasteiger partial charge is 0.295 e. The lowest BCUT2D eigenvalue weighted by Crippen LogP contribution is -2.05. The SMILES string of the molecule is Cc1cc(C)cc(CNc2c(F)cccc2[N+](=O)[O-])c1. The number of halogens is 1. The third kappa shape index (κ3) is 3.12. The number of hydrogen-bond donors (Lipinski definition) is 1. The number of hydrogen-bond acceptors (Lipinski definition) is 3. The molecule has 20 heavy (non-hydrogen) atoms. The van der Waals surface area contributed by atoms with Gasteiger partial charge in [-0.3, -0.25) is 10.1 Å². The van der Waals surface area contributed by atoms with Crippen LogP contribution in [0.1, 0.15) is 16.7 Å². The van der Waals surface area contributed by atoms with E-state index < -0.39 is 10.7 Å². The summed E-state index contributed by atoms with van der Waals surface area (Å²) in [4.78, 5) is 10.3. The Labute approximate surface area is 116 Å². The van der Waals surface area contributed by atoms with Crippen molar-refractivity contribution >= 4 is 11.4 Å². The van der Waals surface area contributed by atoms with E-state index in [-0.39, 0.29) is 11.4 Å². The maximum atomic E-state index is 13.7. The first-order valence-electron chi connectivity index (χ1n) is 6.21. The van der Waals surface area contributed by atoms with E-state index in [4.69, 9.17) is 0 Å². The van der Waals surface area contributed by atoms with Crippen molar-refractivity contribution < 1.29 is 9.31 Å². The molecule has 2 rings (SSSR count). The van der Waals surface area contributed by atoms with Crippen LogP contribution in [0.15, 0.2) is 36.4 Å². The Kier molecular flexibility index (Phi) is 3.98. The zero-order valence-corrected chi connectivity index (χ0v) is 11.3. The summed E-state index contributed by atoms with van der Waals surface area (Å²) >= 11 is 0. The highest BCUT2D eigenvalue weighted by molar-refractivity contribution is 5.62. The van der Waals surface area contributed by atoms with E-state index in [9.17, 15) is 14.5 Å². The van der Waals surface area contributed by atoms with Crippen LogP contribution in [0.4, 0.5) is 15.8 Å². The van der Waals surface area contributed by atoms with Gasteiger partial charge >= 0.3 is 0 Å². The first-order valence-corrected chi connectivity index (χ1v) is 6.21. The quantitative estimate of drug-likeness (QED) is 0.678. The van der Waals surface area contributed by atoms with Gasteiger partial charge in [-0.05, 0) is 25.5 Å². The van der Waals surface area contributed by atoms with Crippen molar-refractivity contribution in [3.8, 4) is 0 Å². The van der Waals surface area contributed by atoms with Crippen molar-refractivity contribution in [3.63, 3.8) is 0 Å². The number of nitro benzene ring substituents is 1. The normalized spacial score (nSPS) is 10.3. The molecule has 0 spiro atoms. The van der Waals surface area contributed by atoms with Gasteiger partial charge in [0.2, 0.25) is 0 Å². The number of para-hydroxylation sites is 1. The molecule has 0 radical (unpaired) electrons. The fourth-order valence-electron chi connectivity index (χ4n) is 2.20. The van der Waals surface area contributed by atoms with Gasteiger partial charge in [-0.2, -0.15) is 0 Å². The van der Waals surface area contributed by atoms with Crippen molar-refractivity contribution in [2.24, 2.45) is 0 Å². The van der Waals surface area contributed by atoms with E-state index in [0.717, 1.165) is 16.7 Å². The second-order valence-electron chi connectivity index (χ2n) is 4.74. The molecule has 2 aromatic carbocycles. The van der Waals surface area contributed by atoms with Gasteiger partial charge in [0.15, 0.2) is 5.82 Å². The van der Waals surface area contributed by atoms with Gasteiger partial charge in [0.05, 0.1) is 4.92 Å². The second-order valence-corrected chi connectivity index (χ2v) is 4.74. The molecule has 0 saturated heterocycles. The van der Waals surface area contributed by atoms with Gasteiger partial charge in [0, 0.05) is 12.6 Å². The average molecular weight is 274 g/mol. The Bertz CT molecular complexity index is 636. The summed E-state index contributed by atoms with van der Waals surface area (Å²) in [5, 5.41) is 13.7. The second kappa shape index (κ2) is 5.69. The Morgan fingerprint density at radius 1 is 1.20 bits per heavy atom. The number of nitrogens with zero attached hydrogens (tertiary/aromatic N) is 1. The summed E-state index contributed by atoms with van der Waals surface area (Å²) in [7, 11) is 0. The van der Waals surface area contributed by atoms with Gasteiger partial charge in [-0.1, -0.05) is 35.4 Å². The summed E-state index contributed by atoms with van der Waals surface area (Å²) in [6, 6.07) is 9.79. The summed E-state index contributed by atoms with van der Waals surface area (Å²) in [6.07, 6.45) is 0. The van der Waals surface area contributed by atoms with Crippen LogP contribution in [0.2, 0.25) is 0 Å². The molecular weight excluding hydrogens is 259 g/mol. The number of benzene rings is 2. The molecule has 0 fully saturated rings. The monoisotopic (exact) mass is 274 g/mol. The fraction of sp³-hybridized carbons (Fsp3) is 0.200. The molecule has 104 valence electrons. The van der Waals surface area contributed by atoms with Crippen molar-refractivity contribution in [1.82, 2.24) is 0 Å². The molecule has 0 aliphatic rings. The van der Waals surface area contributed by atoms with Crippen LogP contribution >= 0.6 is 0 Å². The van der Waals surface area contributed by atoms with Crippen molar-refractivity contribution in [2.45, 2.75) is 20.4 Å². The zero-order valence-electron chi connectivity index (χ0n) is 11.3. The Morgan fingerprint density at radius 2 is 1.85 bits per heavy atom. The molecule has 0 aliphatic carbocycles. The van der Waals surface area contributed by atoms with Crippen molar-refractivity contribution in [2.75, 3.05) is 5.32 Å². The lowest BCUT2D eigenvalue weighted by atomic mass is 10.1. The van der Waals surface area contributed by atoms with Gasteiger partial charge in [-0.15, -0.1) is 0 Å². The topological polar surface area (TPSA) is 55.2 Å². The number of nitro groups is 1. The highest BCUT2D eigenvalue weighted by Crippen LogP contribution is 2.27. The lowest BCUT2D eigenvalue weighted by Gasteiger charge is -2.09. The summed E-state index contributed by atoms with van der Waals surface area (Å²) in [5.74, 6) is -0.622. The van der Waals surface area contributed by atoms with E-state index in [2.05, 4.69) is 5.32 Å². The molecule has 5 heteroatoms. The molecule has 0 atom stereocenters. The number of aryl methyl sites for hydroxylation is 2. The molecule has 0 heterocycles. The lowest BCUT2D eigenvalue weighted by molar-refractivity contribution is -0.384. The van der Waals surface area contributed by atoms with Crippen LogP contribution in [-0.4, -0.2) is 4.92 Å². The molecule has 0 unspecified atom stereocenters.